The third kappa shape index (κ3) is 4.46. The number of aliphatic hydroxyl groups is 4. The van der Waals surface area contributed by atoms with Crippen molar-refractivity contribution in [3.8, 4) is 0 Å². The van der Waals surface area contributed by atoms with E-state index in [-0.39, 0.29) is 0 Å². The minimum absolute atomic E-state index is 0.419. The maximum absolute atomic E-state index is 13.1. The topological polar surface area (TPSA) is 169 Å². The molecule has 1 saturated heterocycles. The third-order valence-electron chi connectivity index (χ3n) is 8.39. The fraction of sp³-hybridized carbons (Fsp3) is 0.607. The van der Waals surface area contributed by atoms with Gasteiger partial charge in [0.05, 0.1) is 23.4 Å². The summed E-state index contributed by atoms with van der Waals surface area (Å²) in [5.41, 5.74) is -6.87. The van der Waals surface area contributed by atoms with E-state index in [0.717, 1.165) is 19.9 Å². The van der Waals surface area contributed by atoms with Crippen LogP contribution in [0.4, 0.5) is 0 Å². The van der Waals surface area contributed by atoms with Crippen molar-refractivity contribution in [1.82, 2.24) is 0 Å². The number of rotatable bonds is 6. The highest BCUT2D eigenvalue weighted by Gasteiger charge is 2.86. The summed E-state index contributed by atoms with van der Waals surface area (Å²) in [5.74, 6) is -3.59. The summed E-state index contributed by atoms with van der Waals surface area (Å²) >= 11 is 0. The average Bonchev–Trinajstić information content (AvgIpc) is 3.02. The summed E-state index contributed by atoms with van der Waals surface area (Å²) in [6.45, 7) is 6.00. The number of ether oxygens (including phenoxy) is 4. The van der Waals surface area contributed by atoms with E-state index in [1.807, 2.05) is 6.07 Å². The smallest absolute Gasteiger partial charge is 0.331 e. The van der Waals surface area contributed by atoms with Crippen LogP contribution in [0.5, 0.6) is 0 Å². The molecule has 1 heterocycles. The monoisotopic (exact) mass is 548 g/mol. The van der Waals surface area contributed by atoms with E-state index in [0.29, 0.717) is 5.56 Å². The maximum atomic E-state index is 13.1. The molecule has 0 amide bonds. The predicted octanol–water partition coefficient (Wildman–Crippen LogP) is 0.508. The third-order valence-corrected chi connectivity index (χ3v) is 8.39. The van der Waals surface area contributed by atoms with Gasteiger partial charge in [0.1, 0.15) is 35.9 Å². The quantitative estimate of drug-likeness (QED) is 0.222. The fourth-order valence-electron chi connectivity index (χ4n) is 7.08. The van der Waals surface area contributed by atoms with E-state index in [2.05, 4.69) is 0 Å². The number of aliphatic hydroxyl groups excluding tert-OH is 3. The molecule has 3 fully saturated rings. The maximum Gasteiger partial charge on any atom is 0.331 e. The molecule has 4 rings (SSSR count). The van der Waals surface area contributed by atoms with Crippen molar-refractivity contribution in [3.63, 3.8) is 0 Å². The number of benzene rings is 1. The van der Waals surface area contributed by atoms with E-state index in [1.165, 1.54) is 13.0 Å². The lowest BCUT2D eigenvalue weighted by Gasteiger charge is -2.65. The number of hydrogen-bond donors (Lipinski definition) is 4. The van der Waals surface area contributed by atoms with Crippen LogP contribution < -0.4 is 0 Å². The summed E-state index contributed by atoms with van der Waals surface area (Å²) < 4.78 is 23.2. The lowest BCUT2D eigenvalue weighted by atomic mass is 9.46. The van der Waals surface area contributed by atoms with Crippen LogP contribution in [0.25, 0.3) is 6.08 Å². The van der Waals surface area contributed by atoms with Gasteiger partial charge in [-0.15, -0.1) is 0 Å². The van der Waals surface area contributed by atoms with Crippen molar-refractivity contribution in [2.75, 3.05) is 6.61 Å². The first-order valence-electron chi connectivity index (χ1n) is 12.8. The van der Waals surface area contributed by atoms with Gasteiger partial charge in [-0.25, -0.2) is 4.79 Å². The standard InChI is InChI=1S/C28H36O11/c1-15(29)36-14-27-23(38-19(32)12-11-17-9-7-6-8-10-17)18(31)13-26(5,35)28(27)22(34)20(25(3,4)39-28)21(33)24(27)37-16(2)30/h6-12,18,20-24,31,33-35H,13-14H2,1-5H3/b12-11+/t18-,20+,21-,22+,23-,24+,26-,27-,28-/m0/s1. The Labute approximate surface area is 226 Å². The molecular weight excluding hydrogens is 512 g/mol. The Morgan fingerprint density at radius 1 is 1.00 bits per heavy atom. The molecule has 0 radical (unpaired) electrons. The van der Waals surface area contributed by atoms with Crippen LogP contribution in [-0.4, -0.2) is 92.3 Å². The van der Waals surface area contributed by atoms with E-state index in [4.69, 9.17) is 18.9 Å². The molecule has 0 aromatic heterocycles. The van der Waals surface area contributed by atoms with Gasteiger partial charge in [-0.2, -0.15) is 0 Å². The lowest BCUT2D eigenvalue weighted by molar-refractivity contribution is -0.363. The van der Waals surface area contributed by atoms with Crippen molar-refractivity contribution in [2.24, 2.45) is 11.3 Å². The summed E-state index contributed by atoms with van der Waals surface area (Å²) in [4.78, 5) is 37.5. The lowest BCUT2D eigenvalue weighted by Crippen LogP contribution is -2.85. The molecule has 4 N–H and O–H groups in total. The molecule has 11 nitrogen and oxygen atoms in total. The number of carbonyl (C=O) groups excluding carboxylic acids is 3. The van der Waals surface area contributed by atoms with Crippen LogP contribution in [0, 0.1) is 11.3 Å². The molecular formula is C28H36O11. The molecule has 1 aliphatic heterocycles. The first kappa shape index (κ1) is 29.2. The van der Waals surface area contributed by atoms with Crippen molar-refractivity contribution in [3.05, 3.63) is 42.0 Å². The van der Waals surface area contributed by atoms with Gasteiger partial charge in [0.15, 0.2) is 0 Å². The Kier molecular flexibility index (Phi) is 7.46. The zero-order chi connectivity index (χ0) is 29.0. The fourth-order valence-corrected chi connectivity index (χ4v) is 7.08. The Hall–Kier alpha value is -2.83. The van der Waals surface area contributed by atoms with Gasteiger partial charge in [-0.05, 0) is 32.4 Å². The van der Waals surface area contributed by atoms with Crippen LogP contribution in [0.2, 0.25) is 0 Å². The minimum Gasteiger partial charge on any atom is -0.465 e. The van der Waals surface area contributed by atoms with Gasteiger partial charge in [0.2, 0.25) is 0 Å². The average molecular weight is 549 g/mol. The van der Waals surface area contributed by atoms with E-state index in [9.17, 15) is 34.8 Å². The molecule has 9 atom stereocenters. The van der Waals surface area contributed by atoms with Crippen molar-refractivity contribution < 1.29 is 53.8 Å². The molecule has 1 aromatic rings. The number of carbonyl (C=O) groups is 3. The van der Waals surface area contributed by atoms with E-state index < -0.39 is 89.6 Å². The highest BCUT2D eigenvalue weighted by atomic mass is 16.6. The first-order valence-corrected chi connectivity index (χ1v) is 12.8. The second kappa shape index (κ2) is 9.97. The van der Waals surface area contributed by atoms with Crippen LogP contribution in [0.3, 0.4) is 0 Å². The van der Waals surface area contributed by atoms with Crippen molar-refractivity contribution in [1.29, 1.82) is 0 Å². The number of esters is 3. The van der Waals surface area contributed by atoms with Gasteiger partial charge in [-0.1, -0.05) is 30.3 Å². The van der Waals surface area contributed by atoms with E-state index >= 15 is 0 Å². The molecule has 2 saturated carbocycles. The van der Waals surface area contributed by atoms with Gasteiger partial charge in [0, 0.05) is 32.3 Å². The van der Waals surface area contributed by atoms with Crippen LogP contribution in [0.1, 0.15) is 46.6 Å². The molecule has 39 heavy (non-hydrogen) atoms. The molecule has 3 aliphatic rings. The van der Waals surface area contributed by atoms with Crippen LogP contribution in [-0.2, 0) is 33.3 Å². The molecule has 214 valence electrons. The van der Waals surface area contributed by atoms with Gasteiger partial charge in [-0.3, -0.25) is 9.59 Å². The van der Waals surface area contributed by atoms with E-state index in [1.54, 1.807) is 38.1 Å². The van der Waals surface area contributed by atoms with Crippen LogP contribution in [0.15, 0.2) is 36.4 Å². The Morgan fingerprint density at radius 2 is 1.64 bits per heavy atom. The Morgan fingerprint density at radius 3 is 2.23 bits per heavy atom. The van der Waals surface area contributed by atoms with Crippen LogP contribution >= 0.6 is 0 Å². The van der Waals surface area contributed by atoms with Gasteiger partial charge < -0.3 is 39.4 Å². The zero-order valence-corrected chi connectivity index (χ0v) is 22.6. The molecule has 0 unspecified atom stereocenters. The van der Waals surface area contributed by atoms with Crippen molar-refractivity contribution >= 4 is 24.0 Å². The summed E-state index contributed by atoms with van der Waals surface area (Å²) in [5, 5.41) is 46.5. The molecule has 2 aliphatic carbocycles. The molecule has 1 spiro atoms. The molecule has 11 heteroatoms. The Balaban J connectivity index is 1.92. The summed E-state index contributed by atoms with van der Waals surface area (Å²) in [7, 11) is 0. The predicted molar refractivity (Wildman–Crippen MR) is 135 cm³/mol. The zero-order valence-electron chi connectivity index (χ0n) is 22.6. The second-order valence-electron chi connectivity index (χ2n) is 11.4. The second-order valence-corrected chi connectivity index (χ2v) is 11.4. The number of fused-ring (bicyclic) bond motifs is 1. The van der Waals surface area contributed by atoms with Crippen molar-refractivity contribution in [2.45, 2.75) is 88.4 Å². The Bertz CT molecular complexity index is 1150. The minimum atomic E-state index is -2.13. The number of hydrogen-bond acceptors (Lipinski definition) is 11. The van der Waals surface area contributed by atoms with Gasteiger partial charge in [0.25, 0.3) is 0 Å². The first-order chi connectivity index (χ1) is 18.1. The largest absolute Gasteiger partial charge is 0.465 e. The van der Waals surface area contributed by atoms with Gasteiger partial charge >= 0.3 is 17.9 Å². The SMILES string of the molecule is CC(=O)OC[C@]12[C@H](OC(C)=O)[C@@H](O)[C@@H]3[C@@H](O)[C@]1(OC3(C)C)[C@@](C)(O)C[C@H](O)[C@@H]2OC(=O)/C=C/c1ccccc1. The normalized spacial score (nSPS) is 40.5. The summed E-state index contributed by atoms with van der Waals surface area (Å²) in [6.07, 6.45) is -5.91. The highest BCUT2D eigenvalue weighted by Crippen LogP contribution is 2.68. The summed E-state index contributed by atoms with van der Waals surface area (Å²) in [6, 6.07) is 8.88. The molecule has 2 bridgehead atoms. The highest BCUT2D eigenvalue weighted by molar-refractivity contribution is 5.87. The molecule has 1 aromatic carbocycles.